The number of pyridine rings is 1. The second-order valence-electron chi connectivity index (χ2n) is 14.2. The van der Waals surface area contributed by atoms with Crippen molar-refractivity contribution in [3.63, 3.8) is 0 Å². The highest BCUT2D eigenvalue weighted by molar-refractivity contribution is 5.51. The first kappa shape index (κ1) is 24.2. The van der Waals surface area contributed by atoms with E-state index in [4.69, 9.17) is 4.74 Å². The molecule has 5 aliphatic carbocycles. The van der Waals surface area contributed by atoms with Crippen LogP contribution in [0.25, 0.3) is 6.08 Å². The number of aromatic nitrogens is 1. The third-order valence-corrected chi connectivity index (χ3v) is 12.6. The lowest BCUT2D eigenvalue weighted by atomic mass is 9.45. The summed E-state index contributed by atoms with van der Waals surface area (Å²) in [6.07, 6.45) is 18.1. The lowest BCUT2D eigenvalue weighted by Crippen LogP contribution is -2.57. The SMILES string of the molecule is COC1C[C@H]2[C@@H]3CC[C@H]([C@H](C)/C=C/c4ncccc4C(C)(C)O)[C@@]3(C)CC[C@@H]2[C@@]2(C)CC[C@@H]3CC132. The van der Waals surface area contributed by atoms with Crippen LogP contribution in [0.1, 0.15) is 97.2 Å². The van der Waals surface area contributed by atoms with Crippen LogP contribution in [0.4, 0.5) is 0 Å². The molecule has 5 fully saturated rings. The van der Waals surface area contributed by atoms with Gasteiger partial charge in [0.25, 0.3) is 0 Å². The third-order valence-electron chi connectivity index (χ3n) is 12.6. The van der Waals surface area contributed by atoms with E-state index >= 15 is 0 Å². The normalized spacial score (nSPS) is 47.2. The maximum atomic E-state index is 10.6. The Bertz CT molecular complexity index is 1010. The molecule has 3 nitrogen and oxygen atoms in total. The van der Waals surface area contributed by atoms with E-state index < -0.39 is 5.60 Å². The number of fused-ring (bicyclic) bond motifs is 4. The molecule has 35 heavy (non-hydrogen) atoms. The van der Waals surface area contributed by atoms with Crippen molar-refractivity contribution in [1.82, 2.24) is 4.98 Å². The summed E-state index contributed by atoms with van der Waals surface area (Å²) in [5, 5.41) is 10.6. The van der Waals surface area contributed by atoms with E-state index in [1.807, 2.05) is 39.3 Å². The van der Waals surface area contributed by atoms with Gasteiger partial charge in [0, 0.05) is 24.3 Å². The van der Waals surface area contributed by atoms with Gasteiger partial charge in [-0.25, -0.2) is 0 Å². The predicted octanol–water partition coefficient (Wildman–Crippen LogP) is 7.24. The van der Waals surface area contributed by atoms with E-state index in [0.29, 0.717) is 28.3 Å². The molecule has 3 heteroatoms. The molecule has 5 saturated carbocycles. The molecule has 192 valence electrons. The number of rotatable bonds is 5. The number of ether oxygens (including phenoxy) is 1. The quantitative estimate of drug-likeness (QED) is 0.486. The fraction of sp³-hybridized carbons (Fsp3) is 0.781. The highest BCUT2D eigenvalue weighted by atomic mass is 16.5. The van der Waals surface area contributed by atoms with Crippen LogP contribution in [0.15, 0.2) is 24.4 Å². The Morgan fingerprint density at radius 3 is 2.66 bits per heavy atom. The first-order chi connectivity index (χ1) is 16.6. The molecule has 0 aromatic carbocycles. The zero-order chi connectivity index (χ0) is 24.8. The van der Waals surface area contributed by atoms with Gasteiger partial charge in [-0.05, 0) is 124 Å². The van der Waals surface area contributed by atoms with Crippen molar-refractivity contribution in [2.75, 3.05) is 7.11 Å². The first-order valence-electron chi connectivity index (χ1n) is 14.4. The standard InChI is InChI=1S/C32H47NO2/c1-20(9-12-27-26(29(2,3)34)8-7-17-33-27)23-10-11-24-22-18-28(35-6)32-19-21(32)13-16-31(32,5)25(22)14-15-30(23,24)4/h7-9,12,17,20-25,28,34H,10-11,13-16,18-19H2,1-6H3/b12-9+/t20-,21-,22+,23-,24+,25+,28?,30-,31-,32?/m1/s1. The van der Waals surface area contributed by atoms with Gasteiger partial charge < -0.3 is 9.84 Å². The first-order valence-corrected chi connectivity index (χ1v) is 14.4. The van der Waals surface area contributed by atoms with E-state index in [2.05, 4.69) is 37.9 Å². The van der Waals surface area contributed by atoms with Crippen molar-refractivity contribution in [2.45, 2.75) is 97.7 Å². The predicted molar refractivity (Wildman–Crippen MR) is 142 cm³/mol. The van der Waals surface area contributed by atoms with Crippen LogP contribution >= 0.6 is 0 Å². The van der Waals surface area contributed by atoms with Crippen molar-refractivity contribution in [1.29, 1.82) is 0 Å². The summed E-state index contributed by atoms with van der Waals surface area (Å²) < 4.78 is 6.31. The van der Waals surface area contributed by atoms with Crippen molar-refractivity contribution in [3.8, 4) is 0 Å². The number of allylic oxidation sites excluding steroid dienone is 1. The lowest BCUT2D eigenvalue weighted by Gasteiger charge is -2.61. The van der Waals surface area contributed by atoms with Crippen LogP contribution in [0.3, 0.4) is 0 Å². The fourth-order valence-electron chi connectivity index (χ4n) is 10.9. The van der Waals surface area contributed by atoms with Gasteiger partial charge in [-0.15, -0.1) is 0 Å². The van der Waals surface area contributed by atoms with Crippen LogP contribution in [-0.4, -0.2) is 23.3 Å². The number of aliphatic hydroxyl groups is 1. The van der Waals surface area contributed by atoms with Gasteiger partial charge in [-0.2, -0.15) is 0 Å². The molecular formula is C32H47NO2. The minimum atomic E-state index is -0.882. The van der Waals surface area contributed by atoms with Crippen LogP contribution in [0.2, 0.25) is 0 Å². The molecular weight excluding hydrogens is 430 g/mol. The summed E-state index contributed by atoms with van der Waals surface area (Å²) in [4.78, 5) is 4.60. The summed E-state index contributed by atoms with van der Waals surface area (Å²) in [5.41, 5.74) is 2.39. The minimum Gasteiger partial charge on any atom is -0.386 e. The largest absolute Gasteiger partial charge is 0.386 e. The van der Waals surface area contributed by atoms with Crippen LogP contribution in [0.5, 0.6) is 0 Å². The molecule has 6 rings (SSSR count). The van der Waals surface area contributed by atoms with E-state index in [9.17, 15) is 5.11 Å². The molecule has 2 unspecified atom stereocenters. The summed E-state index contributed by atoms with van der Waals surface area (Å²) in [7, 11) is 2.00. The molecule has 1 heterocycles. The monoisotopic (exact) mass is 477 g/mol. The Morgan fingerprint density at radius 2 is 1.94 bits per heavy atom. The van der Waals surface area contributed by atoms with Crippen molar-refractivity contribution in [3.05, 3.63) is 35.7 Å². The van der Waals surface area contributed by atoms with Gasteiger partial charge in [0.2, 0.25) is 0 Å². The summed E-state index contributed by atoms with van der Waals surface area (Å²) >= 11 is 0. The third kappa shape index (κ3) is 3.26. The van der Waals surface area contributed by atoms with E-state index in [0.717, 1.165) is 40.8 Å². The number of methoxy groups -OCH3 is 1. The van der Waals surface area contributed by atoms with Gasteiger partial charge in [0.1, 0.15) is 0 Å². The summed E-state index contributed by atoms with van der Waals surface area (Å²) in [6.45, 7) is 11.4. The topological polar surface area (TPSA) is 42.4 Å². The van der Waals surface area contributed by atoms with Gasteiger partial charge in [-0.1, -0.05) is 32.9 Å². The molecule has 1 N–H and O–H groups in total. The maximum Gasteiger partial charge on any atom is 0.0861 e. The second-order valence-corrected chi connectivity index (χ2v) is 14.2. The molecule has 0 amide bonds. The molecule has 0 bridgehead atoms. The van der Waals surface area contributed by atoms with Gasteiger partial charge >= 0.3 is 0 Å². The molecule has 1 aromatic rings. The van der Waals surface area contributed by atoms with Gasteiger partial charge in [0.05, 0.1) is 17.4 Å². The Kier molecular flexibility index (Phi) is 5.46. The van der Waals surface area contributed by atoms with Crippen LogP contribution in [0, 0.1) is 51.8 Å². The molecule has 0 saturated heterocycles. The van der Waals surface area contributed by atoms with Crippen molar-refractivity contribution >= 4 is 6.08 Å². The highest BCUT2D eigenvalue weighted by Crippen LogP contribution is 2.82. The Balaban J connectivity index is 1.24. The molecule has 1 aromatic heterocycles. The molecule has 0 aliphatic heterocycles. The summed E-state index contributed by atoms with van der Waals surface area (Å²) in [5.74, 6) is 4.78. The molecule has 1 spiro atoms. The zero-order valence-electron chi connectivity index (χ0n) is 22.9. The number of hydrogen-bond donors (Lipinski definition) is 1. The number of hydrogen-bond acceptors (Lipinski definition) is 3. The van der Waals surface area contributed by atoms with Gasteiger partial charge in [0.15, 0.2) is 0 Å². The smallest absolute Gasteiger partial charge is 0.0861 e. The second kappa shape index (κ2) is 7.90. The number of nitrogens with zero attached hydrogens (tertiary/aromatic N) is 1. The Labute approximate surface area is 213 Å². The van der Waals surface area contributed by atoms with Crippen LogP contribution < -0.4 is 0 Å². The Morgan fingerprint density at radius 1 is 1.14 bits per heavy atom. The van der Waals surface area contributed by atoms with Crippen LogP contribution in [-0.2, 0) is 10.3 Å². The molecule has 5 aliphatic rings. The average molecular weight is 478 g/mol. The molecule has 0 radical (unpaired) electrons. The lowest BCUT2D eigenvalue weighted by molar-refractivity contribution is -0.160. The van der Waals surface area contributed by atoms with Crippen molar-refractivity contribution < 1.29 is 9.84 Å². The molecule has 10 atom stereocenters. The maximum absolute atomic E-state index is 10.6. The van der Waals surface area contributed by atoms with E-state index in [1.54, 1.807) is 0 Å². The van der Waals surface area contributed by atoms with E-state index in [-0.39, 0.29) is 0 Å². The zero-order valence-corrected chi connectivity index (χ0v) is 22.9. The summed E-state index contributed by atoms with van der Waals surface area (Å²) in [6, 6.07) is 3.92. The van der Waals surface area contributed by atoms with Crippen molar-refractivity contribution in [2.24, 2.45) is 51.8 Å². The highest BCUT2D eigenvalue weighted by Gasteiger charge is 2.77. The average Bonchev–Trinajstić information content (AvgIpc) is 3.33. The van der Waals surface area contributed by atoms with E-state index in [1.165, 1.54) is 51.4 Å². The Hall–Kier alpha value is -1.19. The van der Waals surface area contributed by atoms with Gasteiger partial charge in [-0.3, -0.25) is 4.98 Å². The minimum absolute atomic E-state index is 0.425. The fourth-order valence-corrected chi connectivity index (χ4v) is 10.9.